The highest BCUT2D eigenvalue weighted by Crippen LogP contribution is 2.65. The molecule has 19 rings (SSSR count). The Morgan fingerprint density at radius 3 is 0.926 bits per heavy atom. The molecule has 0 unspecified atom stereocenters. The molecule has 0 N–H and O–H groups in total. The van der Waals surface area contributed by atoms with Gasteiger partial charge in [0.15, 0.2) is 11.4 Å². The predicted molar refractivity (Wildman–Crippen MR) is 548 cm³/mol. The molecule has 0 fully saturated rings. The third-order valence-electron chi connectivity index (χ3n) is 24.9. The minimum absolute atomic E-state index is 0.0234. The zero-order valence-corrected chi connectivity index (χ0v) is 75.9. The molecule has 26 heteroatoms. The Balaban J connectivity index is 0.000000163. The summed E-state index contributed by atoms with van der Waals surface area (Å²) in [6, 6.07) is 95.0. The fraction of sp³-hybridized carbons (Fsp3) is 0. The van der Waals surface area contributed by atoms with Crippen LogP contribution in [0.3, 0.4) is 0 Å². The molecule has 0 spiro atoms. The standard InChI is InChI=1S/C58H22N12.C32H10F2N6.C32H12N6/c1-66-41-23-40(24-42(25-41)67-2)44(31-64)52-54(47-9-5-7-19-70-47)58(68-3)57-48(37-14-10-33(26-59)11-15-37)53-45(32-65)50(46-8-4-6-18-69-46)51(43(30-63)39-21-35(28-61)20-36(22-39)29-62)55(53)49(56(52)57)38-16-12-34(27-60)13-17-38;1-38-26(15-36)30-22-13-23-24(12-21(22)25(14-35)28(30)17-4-8-19(33)9-5-17)32(40-3)29(31(23)27(16-37)39-2)18-6-10-20(34)11-7-18;1-36-26(17-34)30-22-15-23-24(14-21(22)25(16-33)28(30)19-10-6-4-7-11-19)32(38-3)29(20-12-8-5-9-13-20)31(23)27(18-35)37-2/h4-25H;4-13H;4-15H/b51-43+,52-44+;2*30-26+,31-27-. The van der Waals surface area contributed by atoms with E-state index in [1.54, 1.807) is 121 Å². The van der Waals surface area contributed by atoms with Gasteiger partial charge in [-0.2, -0.15) is 47.4 Å². The van der Waals surface area contributed by atoms with E-state index in [1.807, 2.05) is 72.8 Å². The van der Waals surface area contributed by atoms with Crippen LogP contribution in [0.25, 0.3) is 178 Å². The Hall–Kier alpha value is -24.8. The van der Waals surface area contributed by atoms with Gasteiger partial charge in [0, 0.05) is 51.4 Å². The first kappa shape index (κ1) is 95.0. The van der Waals surface area contributed by atoms with Gasteiger partial charge in [-0.15, -0.1) is 0 Å². The fourth-order valence-corrected chi connectivity index (χ4v) is 19.0. The molecule has 0 bridgehead atoms. The van der Waals surface area contributed by atoms with Crippen LogP contribution in [0.2, 0.25) is 0 Å². The van der Waals surface area contributed by atoms with Crippen molar-refractivity contribution >= 4 is 123 Å². The SMILES string of the molecule is [C-]#[N+]C1=C(c2ccc(F)cc2)/C(=C(/C#N)[N+]#[C-])c2cc3c(cc21)C(C#N)=C(c1ccc(F)cc1)/C3=C(\C#N)[N+]#[C-].[C-]#[N+]C1=C(c2ccccc2)/C(=C(/C#N)[N+]#[C-])c2cc3c(cc21)C(C#N)=C(c1ccccc1)/C3=C(\C#N)[N+]#[C-].[C-]#[N+]C1=C(c2ccccn2)/C(=C(/C#N)c2cc([N+]#[C-])cc([N+]#[C-])c2)c2c1c(-c1ccc(C#N)cc1)c1c(c2-c2ccc(C#N)cc2)/C(=C(\C#N)c2cc(C#N)cc(C#N)c2)C(c2ccccn2)=C1C#N. The zero-order chi connectivity index (χ0) is 104. The van der Waals surface area contributed by atoms with Crippen molar-refractivity contribution in [1.29, 1.82) is 68.4 Å². The van der Waals surface area contributed by atoms with Crippen LogP contribution in [0.15, 0.2) is 290 Å². The Bertz CT molecular complexity index is 9160. The van der Waals surface area contributed by atoms with E-state index in [1.165, 1.54) is 97.3 Å². The van der Waals surface area contributed by atoms with Crippen LogP contribution < -0.4 is 0 Å². The van der Waals surface area contributed by atoms with Crippen LogP contribution in [-0.2, 0) is 0 Å². The number of fused-ring (bicyclic) bond motifs is 6. The molecular formula is C122H44F2N24. The number of nitrogens with zero attached hydrogens (tertiary/aromatic N) is 24. The van der Waals surface area contributed by atoms with Crippen LogP contribution >= 0.6 is 0 Å². The summed E-state index contributed by atoms with van der Waals surface area (Å²) >= 11 is 0. The Morgan fingerprint density at radius 2 is 0.568 bits per heavy atom. The van der Waals surface area contributed by atoms with E-state index >= 15 is 0 Å². The highest BCUT2D eigenvalue weighted by molar-refractivity contribution is 6.39. The summed E-state index contributed by atoms with van der Waals surface area (Å²) in [6.07, 6.45) is 3.07. The molecular weight excluding hydrogens is 1840 g/mol. The summed E-state index contributed by atoms with van der Waals surface area (Å²) in [5.41, 5.74) is 12.8. The van der Waals surface area contributed by atoms with E-state index in [0.29, 0.717) is 122 Å². The molecule has 0 saturated carbocycles. The van der Waals surface area contributed by atoms with Crippen molar-refractivity contribution in [3.8, 4) is 101 Å². The number of hydrogen-bond donors (Lipinski definition) is 0. The maximum absolute atomic E-state index is 13.7. The molecule has 0 saturated heterocycles. The van der Waals surface area contributed by atoms with Crippen LogP contribution in [-0.4, -0.2) is 9.97 Å². The van der Waals surface area contributed by atoms with Crippen molar-refractivity contribution in [3.63, 3.8) is 0 Å². The van der Waals surface area contributed by atoms with Crippen molar-refractivity contribution in [1.82, 2.24) is 9.97 Å². The number of benzene rings is 11. The van der Waals surface area contributed by atoms with Gasteiger partial charge in [0.25, 0.3) is 22.8 Å². The summed E-state index contributed by atoms with van der Waals surface area (Å²) in [6.45, 7) is 71.5. The Morgan fingerprint density at radius 1 is 0.236 bits per heavy atom. The predicted octanol–water partition coefficient (Wildman–Crippen LogP) is 27.3. The van der Waals surface area contributed by atoms with E-state index in [0.717, 1.165) is 0 Å². The van der Waals surface area contributed by atoms with Gasteiger partial charge in [-0.1, -0.05) is 152 Å². The van der Waals surface area contributed by atoms with Crippen molar-refractivity contribution in [3.05, 3.63) is 538 Å². The molecule has 2 aromatic heterocycles. The lowest BCUT2D eigenvalue weighted by Gasteiger charge is -2.24. The third-order valence-corrected chi connectivity index (χ3v) is 24.9. The van der Waals surface area contributed by atoms with E-state index in [-0.39, 0.29) is 180 Å². The summed E-state index contributed by atoms with van der Waals surface area (Å²) in [4.78, 5) is 42.1. The lowest BCUT2D eigenvalue weighted by atomic mass is 9.77. The second-order valence-electron chi connectivity index (χ2n) is 32.3. The third kappa shape index (κ3) is 16.0. The molecule has 0 aliphatic heterocycles. The number of allylic oxidation sites excluding steroid dienone is 21. The number of rotatable bonds is 10. The van der Waals surface area contributed by atoms with Crippen LogP contribution in [0.5, 0.6) is 0 Å². The van der Waals surface area contributed by atoms with Gasteiger partial charge in [-0.3, -0.25) is 9.97 Å². The number of pyridine rings is 2. The van der Waals surface area contributed by atoms with Crippen LogP contribution in [0.4, 0.5) is 20.2 Å². The fourth-order valence-electron chi connectivity index (χ4n) is 19.0. The van der Waals surface area contributed by atoms with Crippen LogP contribution in [0.1, 0.15) is 134 Å². The molecule has 6 aliphatic carbocycles. The van der Waals surface area contributed by atoms with Gasteiger partial charge in [-0.25, -0.2) is 73.4 Å². The first-order valence-electron chi connectivity index (χ1n) is 43.5. The van der Waals surface area contributed by atoms with Gasteiger partial charge in [0.2, 0.25) is 17.1 Å². The van der Waals surface area contributed by atoms with E-state index < -0.39 is 11.6 Å². The maximum atomic E-state index is 13.7. The molecule has 0 atom stereocenters. The van der Waals surface area contributed by atoms with E-state index in [9.17, 15) is 77.2 Å². The van der Waals surface area contributed by atoms with Crippen molar-refractivity contribution in [2.75, 3.05) is 0 Å². The Labute approximate surface area is 844 Å². The first-order valence-corrected chi connectivity index (χ1v) is 43.5. The van der Waals surface area contributed by atoms with E-state index in [4.69, 9.17) is 69.1 Å². The Kier molecular flexibility index (Phi) is 25.8. The topological polar surface area (TPSA) is 374 Å². The zero-order valence-electron chi connectivity index (χ0n) is 75.9. The minimum atomic E-state index is -0.508. The summed E-state index contributed by atoms with van der Waals surface area (Å²) < 4.78 is 27.5. The van der Waals surface area contributed by atoms with Gasteiger partial charge < -0.3 is 0 Å². The molecule has 13 aromatic rings. The number of hydrogen-bond acceptors (Lipinski definition) is 15. The average molecular weight is 1880 g/mol. The minimum Gasteiger partial charge on any atom is -0.258 e. The highest BCUT2D eigenvalue weighted by Gasteiger charge is 2.46. The number of aromatic nitrogens is 2. The van der Waals surface area contributed by atoms with Crippen molar-refractivity contribution < 1.29 is 8.78 Å². The monoisotopic (exact) mass is 1880 g/mol. The molecule has 24 nitrogen and oxygen atoms in total. The largest absolute Gasteiger partial charge is 0.270 e. The molecule has 6 aliphatic rings. The van der Waals surface area contributed by atoms with Crippen molar-refractivity contribution in [2.45, 2.75) is 0 Å². The normalized spacial score (nSPS) is 14.5. The highest BCUT2D eigenvalue weighted by atomic mass is 19.1. The second kappa shape index (κ2) is 40.3. The molecule has 2 heterocycles. The van der Waals surface area contributed by atoms with Gasteiger partial charge in [0.1, 0.15) is 42.0 Å². The summed E-state index contributed by atoms with van der Waals surface area (Å²) in [5.74, 6) is -1.01. The molecule has 0 amide bonds. The van der Waals surface area contributed by atoms with Gasteiger partial charge >= 0.3 is 0 Å². The molecule has 666 valence electrons. The molecule has 148 heavy (non-hydrogen) atoms. The number of nitriles is 13. The van der Waals surface area contributed by atoms with Gasteiger partial charge in [0.05, 0.1) is 169 Å². The summed E-state index contributed by atoms with van der Waals surface area (Å²) in [5, 5.41) is 135. The maximum Gasteiger partial charge on any atom is 0.270 e. The lowest BCUT2D eigenvalue weighted by Crippen LogP contribution is -2.05. The second-order valence-corrected chi connectivity index (χ2v) is 32.3. The number of halogens is 2. The summed E-state index contributed by atoms with van der Waals surface area (Å²) in [7, 11) is 0. The average Bonchev–Trinajstić information content (AvgIpc) is 1.51. The van der Waals surface area contributed by atoms with Crippen molar-refractivity contribution in [2.24, 2.45) is 0 Å². The quantitative estimate of drug-likeness (QED) is 0.0907. The van der Waals surface area contributed by atoms with E-state index in [2.05, 4.69) is 98.2 Å². The molecule has 0 radical (unpaired) electrons. The molecule has 11 aromatic carbocycles. The van der Waals surface area contributed by atoms with Gasteiger partial charge in [-0.05, 0) is 253 Å². The smallest absolute Gasteiger partial charge is 0.258 e. The van der Waals surface area contributed by atoms with Crippen LogP contribution in [0, 0.1) is 218 Å². The lowest BCUT2D eigenvalue weighted by molar-refractivity contribution is 0.627. The first-order chi connectivity index (χ1) is 72.3.